The molecule has 0 spiro atoms. The van der Waals surface area contributed by atoms with Crippen LogP contribution in [0.2, 0.25) is 0 Å². The first-order chi connectivity index (χ1) is 15.2. The van der Waals surface area contributed by atoms with Crippen molar-refractivity contribution in [3.8, 4) is 0 Å². The molecule has 0 aliphatic carbocycles. The molecule has 168 valence electrons. The zero-order chi connectivity index (χ0) is 23.4. The van der Waals surface area contributed by atoms with Crippen LogP contribution in [0.1, 0.15) is 34.0 Å². The molecule has 2 N–H and O–H groups in total. The Morgan fingerprint density at radius 3 is 2.47 bits per heavy atom. The lowest BCUT2D eigenvalue weighted by Crippen LogP contribution is -2.25. The summed E-state index contributed by atoms with van der Waals surface area (Å²) >= 11 is 0. The summed E-state index contributed by atoms with van der Waals surface area (Å²) in [7, 11) is 0. The van der Waals surface area contributed by atoms with E-state index in [1.54, 1.807) is 32.0 Å². The lowest BCUT2D eigenvalue weighted by atomic mass is 10.1. The van der Waals surface area contributed by atoms with Crippen molar-refractivity contribution in [2.24, 2.45) is 0 Å². The van der Waals surface area contributed by atoms with E-state index in [0.29, 0.717) is 11.3 Å². The highest BCUT2D eigenvalue weighted by Gasteiger charge is 2.18. The standard InChI is InChI=1S/C22H20F3N3O4/c1-3-32-21(31)15-10-28(9-14-6-16(23)19(25)17(24)7-14)22(27-20(15)30)26-18-8-13(11-29)5-4-12(18)2/h4-8,10,29H,3,9,11H2,1-2H3,(H,26,27,30). The van der Waals surface area contributed by atoms with Gasteiger partial charge in [-0.25, -0.2) is 18.0 Å². The second-order valence-corrected chi connectivity index (χ2v) is 6.94. The minimum absolute atomic E-state index is 0.0276. The van der Waals surface area contributed by atoms with Crippen LogP contribution in [0.15, 0.2) is 41.3 Å². The van der Waals surface area contributed by atoms with Crippen LogP contribution in [0.4, 0.5) is 24.8 Å². The summed E-state index contributed by atoms with van der Waals surface area (Å²) in [5.74, 6) is -5.29. The predicted octanol–water partition coefficient (Wildman–Crippen LogP) is 3.43. The number of nitrogens with zero attached hydrogens (tertiary/aromatic N) is 2. The molecule has 2 aromatic carbocycles. The number of esters is 1. The average Bonchev–Trinajstić information content (AvgIpc) is 2.75. The Hall–Kier alpha value is -3.66. The van der Waals surface area contributed by atoms with Crippen molar-refractivity contribution in [1.29, 1.82) is 0 Å². The summed E-state index contributed by atoms with van der Waals surface area (Å²) in [4.78, 5) is 28.5. The zero-order valence-corrected chi connectivity index (χ0v) is 17.3. The predicted molar refractivity (Wildman–Crippen MR) is 110 cm³/mol. The van der Waals surface area contributed by atoms with E-state index in [0.717, 1.165) is 23.9 Å². The molecule has 10 heteroatoms. The summed E-state index contributed by atoms with van der Waals surface area (Å²) in [5, 5.41) is 12.3. The fourth-order valence-electron chi connectivity index (χ4n) is 2.98. The number of benzene rings is 2. The van der Waals surface area contributed by atoms with Crippen LogP contribution in [-0.2, 0) is 17.9 Å². The maximum atomic E-state index is 13.7. The first-order valence-electron chi connectivity index (χ1n) is 9.63. The molecule has 0 unspecified atom stereocenters. The molecule has 1 aromatic heterocycles. The summed E-state index contributed by atoms with van der Waals surface area (Å²) in [6.07, 6.45) is 1.15. The highest BCUT2D eigenvalue weighted by atomic mass is 19.2. The molecule has 0 saturated heterocycles. The quantitative estimate of drug-likeness (QED) is 0.426. The largest absolute Gasteiger partial charge is 0.462 e. The molecule has 3 aromatic rings. The van der Waals surface area contributed by atoms with E-state index in [2.05, 4.69) is 10.3 Å². The number of carbonyl (C=O) groups excluding carboxylic acids is 1. The van der Waals surface area contributed by atoms with Crippen molar-refractivity contribution >= 4 is 17.6 Å². The summed E-state index contributed by atoms with van der Waals surface area (Å²) in [6, 6.07) is 6.72. The van der Waals surface area contributed by atoms with E-state index < -0.39 is 29.0 Å². The van der Waals surface area contributed by atoms with Gasteiger partial charge >= 0.3 is 5.97 Å². The number of carbonyl (C=O) groups is 1. The van der Waals surface area contributed by atoms with Crippen LogP contribution in [0.25, 0.3) is 0 Å². The molecule has 3 rings (SSSR count). The Balaban J connectivity index is 2.10. The number of rotatable bonds is 7. The van der Waals surface area contributed by atoms with Gasteiger partial charge in [0.2, 0.25) is 5.95 Å². The number of ether oxygens (including phenoxy) is 1. The summed E-state index contributed by atoms with van der Waals surface area (Å²) in [6.45, 7) is 2.92. The van der Waals surface area contributed by atoms with E-state index >= 15 is 0 Å². The Kier molecular flexibility index (Phi) is 6.94. The molecule has 7 nitrogen and oxygen atoms in total. The van der Waals surface area contributed by atoms with E-state index in [4.69, 9.17) is 4.74 Å². The first-order valence-corrected chi connectivity index (χ1v) is 9.63. The van der Waals surface area contributed by atoms with Crippen molar-refractivity contribution in [2.75, 3.05) is 11.9 Å². The van der Waals surface area contributed by atoms with Gasteiger partial charge in [0.1, 0.15) is 5.56 Å². The molecule has 0 aliphatic heterocycles. The summed E-state index contributed by atoms with van der Waals surface area (Å²) < 4.78 is 46.9. The van der Waals surface area contributed by atoms with Gasteiger partial charge in [0.15, 0.2) is 17.5 Å². The SMILES string of the molecule is CCOC(=O)c1cn(Cc2cc(F)c(F)c(F)c2)c(Nc2cc(CO)ccc2C)nc1=O. The maximum Gasteiger partial charge on any atom is 0.345 e. The number of anilines is 2. The third kappa shape index (κ3) is 4.97. The fraction of sp³-hybridized carbons (Fsp3) is 0.227. The van der Waals surface area contributed by atoms with Crippen molar-refractivity contribution in [1.82, 2.24) is 9.55 Å². The molecule has 0 fully saturated rings. The molecule has 1 heterocycles. The Morgan fingerprint density at radius 1 is 1.16 bits per heavy atom. The minimum atomic E-state index is -1.60. The third-order valence-corrected chi connectivity index (χ3v) is 4.62. The number of aryl methyl sites for hydroxylation is 1. The molecule has 0 radical (unpaired) electrons. The number of hydrogen-bond acceptors (Lipinski definition) is 6. The zero-order valence-electron chi connectivity index (χ0n) is 17.3. The first kappa shape index (κ1) is 23.0. The van der Waals surface area contributed by atoms with Crippen molar-refractivity contribution < 1.29 is 27.8 Å². The van der Waals surface area contributed by atoms with Crippen LogP contribution in [-0.4, -0.2) is 27.2 Å². The fourth-order valence-corrected chi connectivity index (χ4v) is 2.98. The van der Waals surface area contributed by atoms with Crippen LogP contribution in [0, 0.1) is 24.4 Å². The van der Waals surface area contributed by atoms with Gasteiger partial charge in [-0.05, 0) is 48.7 Å². The van der Waals surface area contributed by atoms with Gasteiger partial charge in [-0.2, -0.15) is 4.98 Å². The molecule has 0 aliphatic rings. The van der Waals surface area contributed by atoms with Gasteiger partial charge in [0, 0.05) is 11.9 Å². The minimum Gasteiger partial charge on any atom is -0.462 e. The van der Waals surface area contributed by atoms with Crippen LogP contribution in [0.3, 0.4) is 0 Å². The number of hydrogen-bond donors (Lipinski definition) is 2. The van der Waals surface area contributed by atoms with Crippen molar-refractivity contribution in [2.45, 2.75) is 27.0 Å². The number of nitrogens with one attached hydrogen (secondary N) is 1. The van der Waals surface area contributed by atoms with E-state index in [1.807, 2.05) is 0 Å². The highest BCUT2D eigenvalue weighted by Crippen LogP contribution is 2.22. The number of aliphatic hydroxyl groups excluding tert-OH is 1. The molecule has 0 atom stereocenters. The van der Waals surface area contributed by atoms with Gasteiger partial charge < -0.3 is 19.7 Å². The number of aromatic nitrogens is 2. The molecule has 0 saturated carbocycles. The third-order valence-electron chi connectivity index (χ3n) is 4.62. The van der Waals surface area contributed by atoms with Crippen LogP contribution < -0.4 is 10.9 Å². The monoisotopic (exact) mass is 447 g/mol. The van der Waals surface area contributed by atoms with Gasteiger partial charge in [-0.3, -0.25) is 4.79 Å². The Bertz CT molecular complexity index is 1200. The molecule has 32 heavy (non-hydrogen) atoms. The van der Waals surface area contributed by atoms with E-state index in [9.17, 15) is 27.9 Å². The maximum absolute atomic E-state index is 13.7. The Labute approximate surface area is 181 Å². The molecule has 0 bridgehead atoms. The second kappa shape index (κ2) is 9.65. The van der Waals surface area contributed by atoms with Crippen molar-refractivity contribution in [3.05, 3.63) is 86.6 Å². The smallest absolute Gasteiger partial charge is 0.345 e. The molecule has 0 amide bonds. The normalized spacial score (nSPS) is 10.8. The van der Waals surface area contributed by atoms with Gasteiger partial charge in [0.05, 0.1) is 19.8 Å². The lowest BCUT2D eigenvalue weighted by molar-refractivity contribution is 0.0523. The lowest BCUT2D eigenvalue weighted by Gasteiger charge is -2.17. The number of halogens is 3. The van der Waals surface area contributed by atoms with Crippen LogP contribution in [0.5, 0.6) is 0 Å². The van der Waals surface area contributed by atoms with E-state index in [-0.39, 0.29) is 36.8 Å². The average molecular weight is 447 g/mol. The molecular weight excluding hydrogens is 427 g/mol. The van der Waals surface area contributed by atoms with Gasteiger partial charge in [-0.15, -0.1) is 0 Å². The van der Waals surface area contributed by atoms with E-state index in [1.165, 1.54) is 4.57 Å². The Morgan fingerprint density at radius 2 is 1.84 bits per heavy atom. The topological polar surface area (TPSA) is 93.4 Å². The summed E-state index contributed by atoms with van der Waals surface area (Å²) in [5.41, 5.74) is 0.660. The van der Waals surface area contributed by atoms with Gasteiger partial charge in [-0.1, -0.05) is 12.1 Å². The molecular formula is C22H20F3N3O4. The van der Waals surface area contributed by atoms with Gasteiger partial charge in [0.25, 0.3) is 5.56 Å². The number of aliphatic hydroxyl groups is 1. The second-order valence-electron chi connectivity index (χ2n) is 6.94. The van der Waals surface area contributed by atoms with Crippen LogP contribution >= 0.6 is 0 Å². The highest BCUT2D eigenvalue weighted by molar-refractivity contribution is 5.88. The van der Waals surface area contributed by atoms with Crippen molar-refractivity contribution in [3.63, 3.8) is 0 Å².